The fourth-order valence-corrected chi connectivity index (χ4v) is 2.52. The molecule has 0 bridgehead atoms. The van der Waals surface area contributed by atoms with E-state index in [1.54, 1.807) is 4.90 Å². The third kappa shape index (κ3) is 3.70. The number of rotatable bonds is 1. The van der Waals surface area contributed by atoms with Crippen LogP contribution in [0.3, 0.4) is 0 Å². The minimum atomic E-state index is -0.0660. The molecule has 2 rings (SSSR count). The molecule has 0 unspecified atom stereocenters. The molecule has 0 radical (unpaired) electrons. The quantitative estimate of drug-likeness (QED) is 0.859. The van der Waals surface area contributed by atoms with Crippen molar-refractivity contribution in [1.29, 1.82) is 0 Å². The van der Waals surface area contributed by atoms with Crippen molar-refractivity contribution in [2.45, 2.75) is 33.0 Å². The highest BCUT2D eigenvalue weighted by Crippen LogP contribution is 2.20. The number of urea groups is 1. The Balaban J connectivity index is 2.02. The number of ether oxygens (including phenoxy) is 1. The average molecular weight is 327 g/mol. The fraction of sp³-hybridized carbons (Fsp3) is 0.500. The first-order chi connectivity index (χ1) is 8.95. The van der Waals surface area contributed by atoms with Gasteiger partial charge < -0.3 is 15.0 Å². The predicted molar refractivity (Wildman–Crippen MR) is 79.5 cm³/mol. The van der Waals surface area contributed by atoms with Gasteiger partial charge in [0.15, 0.2) is 0 Å². The van der Waals surface area contributed by atoms with E-state index >= 15 is 0 Å². The highest BCUT2D eigenvalue weighted by Gasteiger charge is 2.25. The van der Waals surface area contributed by atoms with Crippen molar-refractivity contribution in [3.63, 3.8) is 0 Å². The minimum Gasteiger partial charge on any atom is -0.372 e. The summed E-state index contributed by atoms with van der Waals surface area (Å²) in [6.45, 7) is 7.23. The number of nitrogens with zero attached hydrogens (tertiary/aromatic N) is 1. The lowest BCUT2D eigenvalue weighted by atomic mass is 10.2. The van der Waals surface area contributed by atoms with E-state index in [-0.39, 0.29) is 18.2 Å². The number of halogens is 1. The molecule has 1 N–H and O–H groups in total. The van der Waals surface area contributed by atoms with E-state index in [0.29, 0.717) is 13.1 Å². The largest absolute Gasteiger partial charge is 0.372 e. The topological polar surface area (TPSA) is 41.6 Å². The lowest BCUT2D eigenvalue weighted by Crippen LogP contribution is -2.49. The normalized spacial score (nSPS) is 23.3. The fourth-order valence-electron chi connectivity index (χ4n) is 2.27. The summed E-state index contributed by atoms with van der Waals surface area (Å²) in [5, 5.41) is 2.93. The SMILES string of the molecule is Cc1cc(NC(=O)N2C[C@@H](C)O[C@@H](C)C2)ccc1Br. The van der Waals surface area contributed by atoms with Crippen LogP contribution >= 0.6 is 15.9 Å². The van der Waals surface area contributed by atoms with Gasteiger partial charge >= 0.3 is 6.03 Å². The lowest BCUT2D eigenvalue weighted by molar-refractivity contribution is -0.0530. The second-order valence-corrected chi connectivity index (χ2v) is 5.91. The van der Waals surface area contributed by atoms with Gasteiger partial charge in [-0.25, -0.2) is 4.79 Å². The van der Waals surface area contributed by atoms with Crippen LogP contribution in [-0.4, -0.2) is 36.2 Å². The van der Waals surface area contributed by atoms with E-state index in [4.69, 9.17) is 4.74 Å². The highest BCUT2D eigenvalue weighted by molar-refractivity contribution is 9.10. The molecule has 19 heavy (non-hydrogen) atoms. The molecule has 2 amide bonds. The monoisotopic (exact) mass is 326 g/mol. The Hall–Kier alpha value is -1.07. The lowest BCUT2D eigenvalue weighted by Gasteiger charge is -2.35. The molecule has 1 aliphatic heterocycles. The smallest absolute Gasteiger partial charge is 0.322 e. The predicted octanol–water partition coefficient (Wildman–Crippen LogP) is 3.40. The van der Waals surface area contributed by atoms with Gasteiger partial charge in [0.2, 0.25) is 0 Å². The van der Waals surface area contributed by atoms with Crippen LogP contribution in [0.15, 0.2) is 22.7 Å². The molecule has 5 heteroatoms. The molecule has 0 spiro atoms. The number of hydrogen-bond acceptors (Lipinski definition) is 2. The summed E-state index contributed by atoms with van der Waals surface area (Å²) in [4.78, 5) is 14.0. The summed E-state index contributed by atoms with van der Waals surface area (Å²) in [6.07, 6.45) is 0.169. The summed E-state index contributed by atoms with van der Waals surface area (Å²) in [5.74, 6) is 0. The maximum atomic E-state index is 12.2. The molecule has 0 aromatic heterocycles. The van der Waals surface area contributed by atoms with Crippen LogP contribution in [0.2, 0.25) is 0 Å². The molecule has 0 aliphatic carbocycles. The van der Waals surface area contributed by atoms with Crippen molar-refractivity contribution in [2.24, 2.45) is 0 Å². The molecule has 1 aliphatic rings. The van der Waals surface area contributed by atoms with Crippen molar-refractivity contribution in [3.05, 3.63) is 28.2 Å². The van der Waals surface area contributed by atoms with Gasteiger partial charge in [-0.05, 0) is 44.5 Å². The van der Waals surface area contributed by atoms with Crippen LogP contribution < -0.4 is 5.32 Å². The molecule has 1 fully saturated rings. The first kappa shape index (κ1) is 14.3. The van der Waals surface area contributed by atoms with Crippen molar-refractivity contribution in [1.82, 2.24) is 4.90 Å². The second-order valence-electron chi connectivity index (χ2n) is 5.06. The zero-order valence-corrected chi connectivity index (χ0v) is 13.0. The average Bonchev–Trinajstić information content (AvgIpc) is 2.32. The standard InChI is InChI=1S/C14H19BrN2O2/c1-9-6-12(4-5-13(9)15)16-14(18)17-7-10(2)19-11(3)8-17/h4-6,10-11H,7-8H2,1-3H3,(H,16,18)/t10-,11+. The van der Waals surface area contributed by atoms with Crippen LogP contribution in [0.1, 0.15) is 19.4 Å². The zero-order valence-electron chi connectivity index (χ0n) is 11.4. The Morgan fingerprint density at radius 1 is 1.37 bits per heavy atom. The Morgan fingerprint density at radius 2 is 2.00 bits per heavy atom. The number of aryl methyl sites for hydroxylation is 1. The number of morpholine rings is 1. The zero-order chi connectivity index (χ0) is 14.0. The molecular weight excluding hydrogens is 308 g/mol. The van der Waals surface area contributed by atoms with Crippen molar-refractivity contribution < 1.29 is 9.53 Å². The van der Waals surface area contributed by atoms with E-state index in [1.807, 2.05) is 39.0 Å². The molecule has 1 saturated heterocycles. The Morgan fingerprint density at radius 3 is 2.58 bits per heavy atom. The second kappa shape index (κ2) is 5.92. The number of carbonyl (C=O) groups excluding carboxylic acids is 1. The third-order valence-electron chi connectivity index (χ3n) is 3.12. The molecule has 2 atom stereocenters. The summed E-state index contributed by atoms with van der Waals surface area (Å²) >= 11 is 3.45. The summed E-state index contributed by atoms with van der Waals surface area (Å²) in [6, 6.07) is 5.72. The van der Waals surface area contributed by atoms with Crippen LogP contribution in [-0.2, 0) is 4.74 Å². The van der Waals surface area contributed by atoms with Gasteiger partial charge in [-0.2, -0.15) is 0 Å². The number of anilines is 1. The van der Waals surface area contributed by atoms with Crippen LogP contribution in [0, 0.1) is 6.92 Å². The summed E-state index contributed by atoms with van der Waals surface area (Å²) in [5.41, 5.74) is 1.92. The van der Waals surface area contributed by atoms with Gasteiger partial charge in [0.1, 0.15) is 0 Å². The van der Waals surface area contributed by atoms with Crippen molar-refractivity contribution in [3.8, 4) is 0 Å². The molecular formula is C14H19BrN2O2. The Kier molecular flexibility index (Phi) is 4.47. The molecule has 4 nitrogen and oxygen atoms in total. The summed E-state index contributed by atoms with van der Waals surface area (Å²) in [7, 11) is 0. The van der Waals surface area contributed by atoms with Gasteiger partial charge in [0.25, 0.3) is 0 Å². The van der Waals surface area contributed by atoms with E-state index in [2.05, 4.69) is 21.2 Å². The number of carbonyl (C=O) groups is 1. The van der Waals surface area contributed by atoms with Crippen molar-refractivity contribution >= 4 is 27.6 Å². The first-order valence-corrected chi connectivity index (χ1v) is 7.22. The first-order valence-electron chi connectivity index (χ1n) is 6.43. The van der Waals surface area contributed by atoms with Gasteiger partial charge in [0.05, 0.1) is 12.2 Å². The number of nitrogens with one attached hydrogen (secondary N) is 1. The van der Waals surface area contributed by atoms with Crippen LogP contribution in [0.25, 0.3) is 0 Å². The Labute approximate surface area is 122 Å². The highest BCUT2D eigenvalue weighted by atomic mass is 79.9. The molecule has 1 heterocycles. The van der Waals surface area contributed by atoms with Crippen LogP contribution in [0.4, 0.5) is 10.5 Å². The summed E-state index contributed by atoms with van der Waals surface area (Å²) < 4.78 is 6.66. The van der Waals surface area contributed by atoms with E-state index in [9.17, 15) is 4.79 Å². The van der Waals surface area contributed by atoms with E-state index in [0.717, 1.165) is 15.7 Å². The Bertz CT molecular complexity index is 469. The molecule has 1 aromatic rings. The van der Waals surface area contributed by atoms with E-state index < -0.39 is 0 Å². The number of hydrogen-bond donors (Lipinski definition) is 1. The van der Waals surface area contributed by atoms with Crippen LogP contribution in [0.5, 0.6) is 0 Å². The van der Waals surface area contributed by atoms with Gasteiger partial charge in [0, 0.05) is 23.2 Å². The minimum absolute atomic E-state index is 0.0660. The maximum Gasteiger partial charge on any atom is 0.322 e. The molecule has 0 saturated carbocycles. The van der Waals surface area contributed by atoms with Gasteiger partial charge in [-0.3, -0.25) is 0 Å². The van der Waals surface area contributed by atoms with E-state index in [1.165, 1.54) is 0 Å². The molecule has 1 aromatic carbocycles. The third-order valence-corrected chi connectivity index (χ3v) is 4.01. The van der Waals surface area contributed by atoms with Gasteiger partial charge in [-0.1, -0.05) is 15.9 Å². The number of benzene rings is 1. The maximum absolute atomic E-state index is 12.2. The van der Waals surface area contributed by atoms with Gasteiger partial charge in [-0.15, -0.1) is 0 Å². The number of amides is 2. The molecule has 104 valence electrons. The van der Waals surface area contributed by atoms with Crippen molar-refractivity contribution in [2.75, 3.05) is 18.4 Å².